The molecule has 24 heavy (non-hydrogen) atoms. The van der Waals surface area contributed by atoms with Gasteiger partial charge >= 0.3 is 0 Å². The molecule has 5 heteroatoms. The van der Waals surface area contributed by atoms with E-state index in [1.807, 2.05) is 24.3 Å². The van der Waals surface area contributed by atoms with Gasteiger partial charge < -0.3 is 10.6 Å². The molecular weight excluding hydrogens is 327 g/mol. The van der Waals surface area contributed by atoms with Gasteiger partial charge in [0.1, 0.15) is 5.82 Å². The topological polar surface area (TPSA) is 41.1 Å². The number of anilines is 2. The predicted octanol–water partition coefficient (Wildman–Crippen LogP) is 5.22. The lowest BCUT2D eigenvalue weighted by molar-refractivity contribution is -0.115. The zero-order valence-corrected chi connectivity index (χ0v) is 14.9. The Balaban J connectivity index is 1.81. The summed E-state index contributed by atoms with van der Waals surface area (Å²) in [7, 11) is 0. The van der Waals surface area contributed by atoms with Crippen molar-refractivity contribution in [3.63, 3.8) is 0 Å². The van der Waals surface area contributed by atoms with Crippen molar-refractivity contribution < 1.29 is 9.18 Å². The second-order valence-corrected chi connectivity index (χ2v) is 7.09. The van der Waals surface area contributed by atoms with Gasteiger partial charge in [0.05, 0.1) is 5.02 Å². The number of nitrogens with one attached hydrogen (secondary N) is 2. The van der Waals surface area contributed by atoms with Gasteiger partial charge in [-0.2, -0.15) is 0 Å². The van der Waals surface area contributed by atoms with Crippen molar-refractivity contribution in [2.75, 3.05) is 17.2 Å². The summed E-state index contributed by atoms with van der Waals surface area (Å²) in [5.74, 6) is -0.544. The van der Waals surface area contributed by atoms with Crippen molar-refractivity contribution in [3.05, 3.63) is 58.9 Å². The molecule has 0 spiro atoms. The van der Waals surface area contributed by atoms with E-state index in [9.17, 15) is 9.18 Å². The molecule has 0 aliphatic rings. The van der Waals surface area contributed by atoms with Gasteiger partial charge in [-0.25, -0.2) is 4.39 Å². The SMILES string of the molecule is CC(C)(C)c1ccc(NC(=O)CCNc2ccc(F)c(Cl)c2)cc1. The third-order valence-electron chi connectivity index (χ3n) is 3.64. The van der Waals surface area contributed by atoms with Crippen LogP contribution in [0.3, 0.4) is 0 Å². The van der Waals surface area contributed by atoms with E-state index in [-0.39, 0.29) is 16.3 Å². The highest BCUT2D eigenvalue weighted by Gasteiger charge is 2.13. The Morgan fingerprint density at radius 1 is 1.08 bits per heavy atom. The van der Waals surface area contributed by atoms with Crippen molar-refractivity contribution in [2.24, 2.45) is 0 Å². The molecule has 2 rings (SSSR count). The van der Waals surface area contributed by atoms with Crippen LogP contribution < -0.4 is 10.6 Å². The minimum Gasteiger partial charge on any atom is -0.384 e. The van der Waals surface area contributed by atoms with Crippen LogP contribution in [0.2, 0.25) is 5.02 Å². The molecule has 2 N–H and O–H groups in total. The second kappa shape index (κ2) is 7.67. The van der Waals surface area contributed by atoms with Crippen LogP contribution >= 0.6 is 11.6 Å². The molecule has 0 atom stereocenters. The van der Waals surface area contributed by atoms with Crippen LogP contribution in [0, 0.1) is 5.82 Å². The third kappa shape index (κ3) is 5.24. The van der Waals surface area contributed by atoms with Gasteiger partial charge in [0.25, 0.3) is 0 Å². The van der Waals surface area contributed by atoms with Gasteiger partial charge in [-0.3, -0.25) is 4.79 Å². The highest BCUT2D eigenvalue weighted by molar-refractivity contribution is 6.31. The largest absolute Gasteiger partial charge is 0.384 e. The van der Waals surface area contributed by atoms with Crippen molar-refractivity contribution in [1.29, 1.82) is 0 Å². The van der Waals surface area contributed by atoms with Crippen LogP contribution in [-0.4, -0.2) is 12.5 Å². The monoisotopic (exact) mass is 348 g/mol. The summed E-state index contributed by atoms with van der Waals surface area (Å²) in [6.45, 7) is 6.88. The van der Waals surface area contributed by atoms with E-state index in [0.717, 1.165) is 5.69 Å². The summed E-state index contributed by atoms with van der Waals surface area (Å²) in [5.41, 5.74) is 2.76. The number of carbonyl (C=O) groups is 1. The first-order valence-corrected chi connectivity index (χ1v) is 8.23. The highest BCUT2D eigenvalue weighted by atomic mass is 35.5. The molecule has 2 aromatic rings. The molecule has 0 fully saturated rings. The molecule has 0 saturated carbocycles. The summed E-state index contributed by atoms with van der Waals surface area (Å²) in [6.07, 6.45) is 0.302. The summed E-state index contributed by atoms with van der Waals surface area (Å²) in [4.78, 5) is 12.0. The molecule has 0 radical (unpaired) electrons. The van der Waals surface area contributed by atoms with E-state index in [2.05, 4.69) is 31.4 Å². The van der Waals surface area contributed by atoms with Crippen LogP contribution in [0.15, 0.2) is 42.5 Å². The third-order valence-corrected chi connectivity index (χ3v) is 3.93. The van der Waals surface area contributed by atoms with E-state index in [1.54, 1.807) is 6.07 Å². The first-order valence-electron chi connectivity index (χ1n) is 7.85. The van der Waals surface area contributed by atoms with Crippen molar-refractivity contribution in [1.82, 2.24) is 0 Å². The summed E-state index contributed by atoms with van der Waals surface area (Å²) >= 11 is 5.71. The van der Waals surface area contributed by atoms with Crippen LogP contribution in [0.25, 0.3) is 0 Å². The molecule has 0 aromatic heterocycles. The van der Waals surface area contributed by atoms with Gasteiger partial charge in [0.15, 0.2) is 0 Å². The maximum absolute atomic E-state index is 13.1. The van der Waals surface area contributed by atoms with Crippen LogP contribution in [0.4, 0.5) is 15.8 Å². The molecule has 0 aliphatic heterocycles. The summed E-state index contributed by atoms with van der Waals surface area (Å²) in [5, 5.41) is 5.97. The van der Waals surface area contributed by atoms with Crippen LogP contribution in [-0.2, 0) is 10.2 Å². The van der Waals surface area contributed by atoms with E-state index in [4.69, 9.17) is 11.6 Å². The smallest absolute Gasteiger partial charge is 0.226 e. The second-order valence-electron chi connectivity index (χ2n) is 6.68. The molecule has 0 heterocycles. The van der Waals surface area contributed by atoms with Crippen molar-refractivity contribution in [3.8, 4) is 0 Å². The standard InChI is InChI=1S/C19H22ClFN2O/c1-19(2,3)13-4-6-14(7-5-13)23-18(24)10-11-22-15-8-9-17(21)16(20)12-15/h4-9,12,22H,10-11H2,1-3H3,(H,23,24). The fraction of sp³-hybridized carbons (Fsp3) is 0.316. The molecule has 0 unspecified atom stereocenters. The molecule has 0 bridgehead atoms. The van der Waals surface area contributed by atoms with E-state index >= 15 is 0 Å². The number of carbonyl (C=O) groups excluding carboxylic acids is 1. The maximum Gasteiger partial charge on any atom is 0.226 e. The van der Waals surface area contributed by atoms with Crippen LogP contribution in [0.5, 0.6) is 0 Å². The van der Waals surface area contributed by atoms with E-state index in [0.29, 0.717) is 18.7 Å². The lowest BCUT2D eigenvalue weighted by atomic mass is 9.87. The van der Waals surface area contributed by atoms with Gasteiger partial charge in [0, 0.05) is 24.3 Å². The molecule has 0 saturated heterocycles. The first-order chi connectivity index (χ1) is 11.3. The molecule has 128 valence electrons. The first kappa shape index (κ1) is 18.3. The average molecular weight is 349 g/mol. The number of hydrogen-bond acceptors (Lipinski definition) is 2. The maximum atomic E-state index is 13.1. The van der Waals surface area contributed by atoms with Gasteiger partial charge in [0.2, 0.25) is 5.91 Å². The predicted molar refractivity (Wildman–Crippen MR) is 98.3 cm³/mol. The Hall–Kier alpha value is -2.07. The van der Waals surface area contributed by atoms with Gasteiger partial charge in [-0.15, -0.1) is 0 Å². The Morgan fingerprint density at radius 3 is 2.29 bits per heavy atom. The van der Waals surface area contributed by atoms with Crippen LogP contribution in [0.1, 0.15) is 32.8 Å². The minimum atomic E-state index is -0.460. The Morgan fingerprint density at radius 2 is 1.71 bits per heavy atom. The lowest BCUT2D eigenvalue weighted by Gasteiger charge is -2.19. The average Bonchev–Trinajstić information content (AvgIpc) is 2.50. The molecular formula is C19H22ClFN2O. The highest BCUT2D eigenvalue weighted by Crippen LogP contribution is 2.23. The number of amides is 1. The minimum absolute atomic E-state index is 0.0587. The zero-order valence-electron chi connectivity index (χ0n) is 14.1. The Bertz CT molecular complexity index is 708. The summed E-state index contributed by atoms with van der Waals surface area (Å²) < 4.78 is 13.1. The zero-order chi connectivity index (χ0) is 17.7. The van der Waals surface area contributed by atoms with Crippen molar-refractivity contribution in [2.45, 2.75) is 32.6 Å². The summed E-state index contributed by atoms with van der Waals surface area (Å²) in [6, 6.07) is 12.2. The lowest BCUT2D eigenvalue weighted by Crippen LogP contribution is -2.16. The number of hydrogen-bond donors (Lipinski definition) is 2. The molecule has 3 nitrogen and oxygen atoms in total. The van der Waals surface area contributed by atoms with E-state index < -0.39 is 5.82 Å². The molecule has 0 aliphatic carbocycles. The quantitative estimate of drug-likeness (QED) is 0.778. The Labute approximate surface area is 147 Å². The number of halogens is 2. The normalized spacial score (nSPS) is 11.2. The van der Waals surface area contributed by atoms with Gasteiger partial charge in [-0.1, -0.05) is 44.5 Å². The molecule has 1 amide bonds. The van der Waals surface area contributed by atoms with Gasteiger partial charge in [-0.05, 0) is 41.3 Å². The number of benzene rings is 2. The van der Waals surface area contributed by atoms with E-state index in [1.165, 1.54) is 17.7 Å². The fourth-order valence-electron chi connectivity index (χ4n) is 2.20. The number of rotatable bonds is 5. The fourth-order valence-corrected chi connectivity index (χ4v) is 2.38. The van der Waals surface area contributed by atoms with Crippen molar-refractivity contribution >= 4 is 28.9 Å². The Kier molecular flexibility index (Phi) is 5.84. The molecule has 2 aromatic carbocycles.